The smallest absolute Gasteiger partial charge is 0.255 e. The van der Waals surface area contributed by atoms with E-state index in [2.05, 4.69) is 10.2 Å². The summed E-state index contributed by atoms with van der Waals surface area (Å²) < 4.78 is 10.4. The lowest BCUT2D eigenvalue weighted by Gasteiger charge is -2.26. The van der Waals surface area contributed by atoms with Crippen molar-refractivity contribution in [1.29, 1.82) is 0 Å². The first-order chi connectivity index (χ1) is 12.2. The van der Waals surface area contributed by atoms with Crippen LogP contribution in [0.1, 0.15) is 15.9 Å². The number of phenolic OH excluding ortho intramolecular Hbond substituents is 1. The van der Waals surface area contributed by atoms with Crippen molar-refractivity contribution < 1.29 is 19.4 Å². The number of carbonyl (C=O) groups is 1. The topological polar surface area (TPSA) is 71.0 Å². The number of phenols is 1. The van der Waals surface area contributed by atoms with E-state index in [1.807, 2.05) is 0 Å². The summed E-state index contributed by atoms with van der Waals surface area (Å²) in [7, 11) is 1.60. The van der Waals surface area contributed by atoms with Crippen LogP contribution in [-0.2, 0) is 11.3 Å². The van der Waals surface area contributed by atoms with Crippen molar-refractivity contribution in [2.45, 2.75) is 6.54 Å². The summed E-state index contributed by atoms with van der Waals surface area (Å²) in [5.74, 6) is 0.719. The number of methoxy groups -OCH3 is 1. The number of anilines is 1. The van der Waals surface area contributed by atoms with Gasteiger partial charge in [-0.1, -0.05) is 0 Å². The van der Waals surface area contributed by atoms with Gasteiger partial charge in [-0.2, -0.15) is 0 Å². The van der Waals surface area contributed by atoms with Gasteiger partial charge < -0.3 is 19.9 Å². The third-order valence-electron chi connectivity index (χ3n) is 4.19. The molecule has 6 nitrogen and oxygen atoms in total. The molecule has 0 spiro atoms. The maximum atomic E-state index is 12.5. The number of hydrogen-bond acceptors (Lipinski definition) is 5. The molecule has 0 radical (unpaired) electrons. The summed E-state index contributed by atoms with van der Waals surface area (Å²) in [5.41, 5.74) is 1.94. The number of aromatic hydroxyl groups is 1. The first-order valence-electron chi connectivity index (χ1n) is 8.23. The summed E-state index contributed by atoms with van der Waals surface area (Å²) in [6.45, 7) is 3.62. The quantitative estimate of drug-likeness (QED) is 0.873. The van der Waals surface area contributed by atoms with Crippen molar-refractivity contribution in [3.05, 3.63) is 53.6 Å². The van der Waals surface area contributed by atoms with E-state index < -0.39 is 0 Å². The number of nitrogens with zero attached hydrogens (tertiary/aromatic N) is 1. The molecule has 0 atom stereocenters. The van der Waals surface area contributed by atoms with Gasteiger partial charge in [0.2, 0.25) is 0 Å². The van der Waals surface area contributed by atoms with Crippen LogP contribution in [0, 0.1) is 0 Å². The molecule has 0 unspecified atom stereocenters. The minimum Gasteiger partial charge on any atom is -0.508 e. The standard InChI is InChI=1S/C19H22N2O4/c1-24-17-5-3-16(4-6-17)20-19(23)14-2-7-18(22)15(12-14)13-21-8-10-25-11-9-21/h2-7,12,22H,8-11,13H2,1H3,(H,20,23). The fourth-order valence-corrected chi connectivity index (χ4v) is 2.73. The zero-order valence-electron chi connectivity index (χ0n) is 14.2. The normalized spacial score (nSPS) is 14.9. The van der Waals surface area contributed by atoms with E-state index in [4.69, 9.17) is 9.47 Å². The molecule has 0 aromatic heterocycles. The highest BCUT2D eigenvalue weighted by Crippen LogP contribution is 2.22. The van der Waals surface area contributed by atoms with Gasteiger partial charge in [0.05, 0.1) is 20.3 Å². The van der Waals surface area contributed by atoms with Gasteiger partial charge in [0.1, 0.15) is 11.5 Å². The molecule has 25 heavy (non-hydrogen) atoms. The van der Waals surface area contributed by atoms with Crippen LogP contribution in [0.15, 0.2) is 42.5 Å². The van der Waals surface area contributed by atoms with Crippen molar-refractivity contribution in [3.8, 4) is 11.5 Å². The molecule has 2 aromatic rings. The predicted molar refractivity (Wildman–Crippen MR) is 95.2 cm³/mol. The molecule has 0 bridgehead atoms. The highest BCUT2D eigenvalue weighted by Gasteiger charge is 2.15. The summed E-state index contributed by atoms with van der Waals surface area (Å²) in [4.78, 5) is 14.7. The largest absolute Gasteiger partial charge is 0.508 e. The Bertz CT molecular complexity index is 725. The van der Waals surface area contributed by atoms with Gasteiger partial charge >= 0.3 is 0 Å². The number of benzene rings is 2. The average Bonchev–Trinajstić information content (AvgIpc) is 2.65. The minimum absolute atomic E-state index is 0.201. The first-order valence-corrected chi connectivity index (χ1v) is 8.23. The Labute approximate surface area is 147 Å². The highest BCUT2D eigenvalue weighted by molar-refractivity contribution is 6.04. The van der Waals surface area contributed by atoms with Crippen LogP contribution in [0.3, 0.4) is 0 Å². The molecule has 2 N–H and O–H groups in total. The highest BCUT2D eigenvalue weighted by atomic mass is 16.5. The lowest BCUT2D eigenvalue weighted by Crippen LogP contribution is -2.35. The zero-order valence-corrected chi connectivity index (χ0v) is 14.2. The number of rotatable bonds is 5. The maximum Gasteiger partial charge on any atom is 0.255 e. The molecule has 1 fully saturated rings. The summed E-state index contributed by atoms with van der Waals surface area (Å²) in [6, 6.07) is 12.1. The molecule has 0 saturated carbocycles. The van der Waals surface area contributed by atoms with Crippen molar-refractivity contribution in [1.82, 2.24) is 4.90 Å². The molecular weight excluding hydrogens is 320 g/mol. The number of carbonyl (C=O) groups excluding carboxylic acids is 1. The SMILES string of the molecule is COc1ccc(NC(=O)c2ccc(O)c(CN3CCOCC3)c2)cc1. The van der Waals surface area contributed by atoms with Gasteiger partial charge in [0.25, 0.3) is 5.91 Å². The molecule has 3 rings (SSSR count). The summed E-state index contributed by atoms with van der Waals surface area (Å²) >= 11 is 0. The first kappa shape index (κ1) is 17.3. The molecular formula is C19H22N2O4. The van der Waals surface area contributed by atoms with Crippen LogP contribution in [0.25, 0.3) is 0 Å². The van der Waals surface area contributed by atoms with Gasteiger partial charge in [0.15, 0.2) is 0 Å². The molecule has 1 aliphatic rings. The van der Waals surface area contributed by atoms with E-state index in [0.717, 1.165) is 24.4 Å². The Hall–Kier alpha value is -2.57. The minimum atomic E-state index is -0.214. The van der Waals surface area contributed by atoms with E-state index in [1.165, 1.54) is 0 Å². The van der Waals surface area contributed by atoms with Crippen LogP contribution in [0.4, 0.5) is 5.69 Å². The molecule has 1 saturated heterocycles. The predicted octanol–water partition coefficient (Wildman–Crippen LogP) is 2.49. The van der Waals surface area contributed by atoms with Crippen LogP contribution >= 0.6 is 0 Å². The molecule has 1 aliphatic heterocycles. The van der Waals surface area contributed by atoms with E-state index in [9.17, 15) is 9.90 Å². The van der Waals surface area contributed by atoms with Crippen LogP contribution in [0.5, 0.6) is 11.5 Å². The molecule has 2 aromatic carbocycles. The second-order valence-corrected chi connectivity index (χ2v) is 5.91. The lowest BCUT2D eigenvalue weighted by molar-refractivity contribution is 0.0339. The summed E-state index contributed by atoms with van der Waals surface area (Å²) in [5, 5.41) is 12.9. The van der Waals surface area contributed by atoms with Crippen molar-refractivity contribution in [2.75, 3.05) is 38.7 Å². The second-order valence-electron chi connectivity index (χ2n) is 5.91. The fourth-order valence-electron chi connectivity index (χ4n) is 2.73. The van der Waals surface area contributed by atoms with E-state index in [0.29, 0.717) is 31.0 Å². The Kier molecular flexibility index (Phi) is 5.53. The van der Waals surface area contributed by atoms with Crippen molar-refractivity contribution in [3.63, 3.8) is 0 Å². The Morgan fingerprint density at radius 2 is 1.92 bits per heavy atom. The lowest BCUT2D eigenvalue weighted by atomic mass is 10.1. The molecule has 1 heterocycles. The van der Waals surface area contributed by atoms with Gasteiger partial charge in [-0.15, -0.1) is 0 Å². The molecule has 0 aliphatic carbocycles. The molecule has 6 heteroatoms. The van der Waals surface area contributed by atoms with Crippen molar-refractivity contribution >= 4 is 11.6 Å². The average molecular weight is 342 g/mol. The van der Waals surface area contributed by atoms with Gasteiger partial charge in [-0.05, 0) is 42.5 Å². The Morgan fingerprint density at radius 3 is 2.60 bits per heavy atom. The number of hydrogen-bond donors (Lipinski definition) is 2. The van der Waals surface area contributed by atoms with Crippen LogP contribution < -0.4 is 10.1 Å². The van der Waals surface area contributed by atoms with Crippen LogP contribution in [-0.4, -0.2) is 49.3 Å². The Balaban J connectivity index is 1.70. The van der Waals surface area contributed by atoms with Crippen molar-refractivity contribution in [2.24, 2.45) is 0 Å². The zero-order chi connectivity index (χ0) is 17.6. The van der Waals surface area contributed by atoms with Gasteiger partial charge in [-0.25, -0.2) is 0 Å². The third-order valence-corrected chi connectivity index (χ3v) is 4.19. The van der Waals surface area contributed by atoms with Gasteiger partial charge in [-0.3, -0.25) is 9.69 Å². The van der Waals surface area contributed by atoms with Gasteiger partial charge in [0, 0.05) is 36.4 Å². The van der Waals surface area contributed by atoms with Crippen LogP contribution in [0.2, 0.25) is 0 Å². The maximum absolute atomic E-state index is 12.5. The second kappa shape index (κ2) is 8.00. The third kappa shape index (κ3) is 4.49. The number of nitrogens with one attached hydrogen (secondary N) is 1. The monoisotopic (exact) mass is 342 g/mol. The molecule has 1 amide bonds. The van der Waals surface area contributed by atoms with E-state index in [-0.39, 0.29) is 11.7 Å². The number of amides is 1. The molecule has 132 valence electrons. The summed E-state index contributed by atoms with van der Waals surface area (Å²) in [6.07, 6.45) is 0. The number of ether oxygens (including phenoxy) is 2. The van der Waals surface area contributed by atoms with E-state index in [1.54, 1.807) is 49.6 Å². The number of morpholine rings is 1. The fraction of sp³-hybridized carbons (Fsp3) is 0.316. The van der Waals surface area contributed by atoms with E-state index >= 15 is 0 Å². The Morgan fingerprint density at radius 1 is 1.20 bits per heavy atom.